The van der Waals surface area contributed by atoms with Gasteiger partial charge in [-0.2, -0.15) is 0 Å². The smallest absolute Gasteiger partial charge is 0.337 e. The third-order valence-corrected chi connectivity index (χ3v) is 4.59. The van der Waals surface area contributed by atoms with Gasteiger partial charge in [-0.25, -0.2) is 4.79 Å². The van der Waals surface area contributed by atoms with E-state index in [0.717, 1.165) is 12.8 Å². The molecule has 0 bridgehead atoms. The summed E-state index contributed by atoms with van der Waals surface area (Å²) in [6.45, 7) is 0.723. The van der Waals surface area contributed by atoms with Crippen LogP contribution in [0.4, 0.5) is 0 Å². The second-order valence-electron chi connectivity index (χ2n) is 6.42. The van der Waals surface area contributed by atoms with E-state index < -0.39 is 5.97 Å². The summed E-state index contributed by atoms with van der Waals surface area (Å²) in [6.07, 6.45) is 1.76. The Labute approximate surface area is 171 Å². The van der Waals surface area contributed by atoms with Crippen LogP contribution in [0, 0.1) is 0 Å². The molecule has 2 N–H and O–H groups in total. The van der Waals surface area contributed by atoms with Crippen LogP contribution in [0.3, 0.4) is 0 Å². The number of ether oxygens (including phenoxy) is 2. The highest BCUT2D eigenvalue weighted by Gasteiger charge is 2.29. The zero-order chi connectivity index (χ0) is 19.1. The highest BCUT2D eigenvalue weighted by molar-refractivity contribution is 5.89. The number of methoxy groups -OCH3 is 1. The maximum atomic E-state index is 12.3. The highest BCUT2D eigenvalue weighted by Crippen LogP contribution is 2.26. The SMILES string of the molecule is COC(=O)c1cccc(OCCNC(=O)[C@H]2CC[C@H](c3ccccc3)N2)c1.Cl. The Hall–Kier alpha value is -2.57. The monoisotopic (exact) mass is 404 g/mol. The second-order valence-corrected chi connectivity index (χ2v) is 6.42. The van der Waals surface area contributed by atoms with Crippen molar-refractivity contribution in [1.82, 2.24) is 10.6 Å². The first-order valence-electron chi connectivity index (χ1n) is 9.07. The van der Waals surface area contributed by atoms with Crippen molar-refractivity contribution < 1.29 is 19.1 Å². The lowest BCUT2D eigenvalue weighted by Crippen LogP contribution is -2.42. The molecule has 0 spiro atoms. The fourth-order valence-electron chi connectivity index (χ4n) is 3.19. The first-order valence-corrected chi connectivity index (χ1v) is 9.07. The summed E-state index contributed by atoms with van der Waals surface area (Å²) in [4.78, 5) is 23.8. The molecule has 0 radical (unpaired) electrons. The summed E-state index contributed by atoms with van der Waals surface area (Å²) in [5.74, 6) is 0.143. The second kappa shape index (κ2) is 10.7. The number of benzene rings is 2. The van der Waals surface area contributed by atoms with Gasteiger partial charge in [-0.15, -0.1) is 12.4 Å². The van der Waals surface area contributed by atoms with Crippen molar-refractivity contribution in [1.29, 1.82) is 0 Å². The number of amides is 1. The minimum atomic E-state index is -0.408. The maximum Gasteiger partial charge on any atom is 0.337 e. The van der Waals surface area contributed by atoms with Crippen LogP contribution in [-0.2, 0) is 9.53 Å². The summed E-state index contributed by atoms with van der Waals surface area (Å²) in [7, 11) is 1.34. The molecule has 150 valence electrons. The van der Waals surface area contributed by atoms with Crippen LogP contribution in [0.5, 0.6) is 5.75 Å². The van der Waals surface area contributed by atoms with Crippen molar-refractivity contribution in [2.75, 3.05) is 20.3 Å². The van der Waals surface area contributed by atoms with Crippen molar-refractivity contribution in [2.45, 2.75) is 24.9 Å². The van der Waals surface area contributed by atoms with Crippen molar-refractivity contribution in [3.8, 4) is 5.75 Å². The molecule has 1 aliphatic rings. The van der Waals surface area contributed by atoms with Crippen LogP contribution in [0.25, 0.3) is 0 Å². The largest absolute Gasteiger partial charge is 0.492 e. The average molecular weight is 405 g/mol. The molecule has 2 aromatic rings. The van der Waals surface area contributed by atoms with E-state index in [-0.39, 0.29) is 30.4 Å². The molecular weight excluding hydrogens is 380 g/mol. The zero-order valence-corrected chi connectivity index (χ0v) is 16.5. The van der Waals surface area contributed by atoms with E-state index in [1.54, 1.807) is 24.3 Å². The molecule has 1 amide bonds. The number of hydrogen-bond acceptors (Lipinski definition) is 5. The fourth-order valence-corrected chi connectivity index (χ4v) is 3.19. The van der Waals surface area contributed by atoms with Crippen LogP contribution in [0.15, 0.2) is 54.6 Å². The summed E-state index contributed by atoms with van der Waals surface area (Å²) < 4.78 is 10.3. The fraction of sp³-hybridized carbons (Fsp3) is 0.333. The number of carbonyl (C=O) groups is 2. The summed E-state index contributed by atoms with van der Waals surface area (Å²) in [6, 6.07) is 17.0. The Morgan fingerprint density at radius 1 is 1.11 bits per heavy atom. The van der Waals surface area contributed by atoms with Gasteiger partial charge in [-0.05, 0) is 36.6 Å². The Morgan fingerprint density at radius 2 is 1.89 bits per heavy atom. The molecule has 3 rings (SSSR count). The van der Waals surface area contributed by atoms with Gasteiger partial charge in [0.05, 0.1) is 25.3 Å². The van der Waals surface area contributed by atoms with E-state index >= 15 is 0 Å². The van der Waals surface area contributed by atoms with Gasteiger partial charge in [0.25, 0.3) is 0 Å². The normalized spacial score (nSPS) is 18.0. The number of hydrogen-bond donors (Lipinski definition) is 2. The molecule has 7 heteroatoms. The Kier molecular flexibility index (Phi) is 8.29. The number of esters is 1. The molecule has 1 aliphatic heterocycles. The topological polar surface area (TPSA) is 76.7 Å². The number of carbonyl (C=O) groups excluding carboxylic acids is 2. The number of nitrogens with one attached hydrogen (secondary N) is 2. The van der Waals surface area contributed by atoms with E-state index in [0.29, 0.717) is 24.5 Å². The number of halogens is 1. The van der Waals surface area contributed by atoms with E-state index in [2.05, 4.69) is 27.5 Å². The Morgan fingerprint density at radius 3 is 2.64 bits per heavy atom. The Balaban J connectivity index is 0.00000280. The van der Waals surface area contributed by atoms with E-state index in [4.69, 9.17) is 4.74 Å². The Bertz CT molecular complexity index is 785. The van der Waals surface area contributed by atoms with Crippen LogP contribution in [0.1, 0.15) is 34.8 Å². The van der Waals surface area contributed by atoms with Crippen molar-refractivity contribution in [3.63, 3.8) is 0 Å². The quantitative estimate of drug-likeness (QED) is 0.548. The van der Waals surface area contributed by atoms with Crippen LogP contribution in [0.2, 0.25) is 0 Å². The van der Waals surface area contributed by atoms with Crippen molar-refractivity contribution >= 4 is 24.3 Å². The van der Waals surface area contributed by atoms with E-state index in [1.165, 1.54) is 12.7 Å². The summed E-state index contributed by atoms with van der Waals surface area (Å²) in [5.41, 5.74) is 1.64. The van der Waals surface area contributed by atoms with Gasteiger partial charge < -0.3 is 14.8 Å². The molecule has 1 saturated heterocycles. The van der Waals surface area contributed by atoms with Gasteiger partial charge in [0.15, 0.2) is 0 Å². The molecule has 28 heavy (non-hydrogen) atoms. The van der Waals surface area contributed by atoms with Crippen LogP contribution >= 0.6 is 12.4 Å². The number of rotatable bonds is 7. The van der Waals surface area contributed by atoms with Gasteiger partial charge in [-0.3, -0.25) is 10.1 Å². The summed E-state index contributed by atoms with van der Waals surface area (Å²) in [5, 5.41) is 6.29. The predicted molar refractivity (Wildman–Crippen MR) is 109 cm³/mol. The molecule has 0 saturated carbocycles. The van der Waals surface area contributed by atoms with Gasteiger partial charge in [0, 0.05) is 6.04 Å². The molecule has 2 atom stereocenters. The van der Waals surface area contributed by atoms with Gasteiger partial charge in [0.1, 0.15) is 12.4 Å². The van der Waals surface area contributed by atoms with E-state index in [1.807, 2.05) is 18.2 Å². The third-order valence-electron chi connectivity index (χ3n) is 4.59. The van der Waals surface area contributed by atoms with Crippen molar-refractivity contribution in [3.05, 3.63) is 65.7 Å². The lowest BCUT2D eigenvalue weighted by molar-refractivity contribution is -0.122. The first kappa shape index (κ1) is 21.7. The minimum absolute atomic E-state index is 0. The molecule has 0 unspecified atom stereocenters. The lowest BCUT2D eigenvalue weighted by Gasteiger charge is -2.15. The third kappa shape index (κ3) is 5.71. The van der Waals surface area contributed by atoms with Crippen molar-refractivity contribution in [2.24, 2.45) is 0 Å². The average Bonchev–Trinajstić information content (AvgIpc) is 3.22. The zero-order valence-electron chi connectivity index (χ0n) is 15.7. The van der Waals surface area contributed by atoms with Crippen LogP contribution in [-0.4, -0.2) is 38.2 Å². The first-order chi connectivity index (χ1) is 13.2. The molecular formula is C21H25ClN2O4. The van der Waals surface area contributed by atoms with Gasteiger partial charge in [-0.1, -0.05) is 36.4 Å². The molecule has 1 heterocycles. The molecule has 0 aliphatic carbocycles. The molecule has 6 nitrogen and oxygen atoms in total. The van der Waals surface area contributed by atoms with Gasteiger partial charge in [0.2, 0.25) is 5.91 Å². The van der Waals surface area contributed by atoms with E-state index in [9.17, 15) is 9.59 Å². The molecule has 1 fully saturated rings. The molecule has 0 aromatic heterocycles. The highest BCUT2D eigenvalue weighted by atomic mass is 35.5. The molecule has 2 aromatic carbocycles. The lowest BCUT2D eigenvalue weighted by atomic mass is 10.1. The standard InChI is InChI=1S/C21H24N2O4.ClH/c1-26-21(25)16-8-5-9-17(14-16)27-13-12-22-20(24)19-11-10-18(23-19)15-6-3-2-4-7-15;/h2-9,14,18-19,23H,10-13H2,1H3,(H,22,24);1H/t18-,19-;/m1./s1. The minimum Gasteiger partial charge on any atom is -0.492 e. The predicted octanol–water partition coefficient (Wildman–Crippen LogP) is 2.88. The van der Waals surface area contributed by atoms with Crippen LogP contribution < -0.4 is 15.4 Å². The maximum absolute atomic E-state index is 12.3. The van der Waals surface area contributed by atoms with Gasteiger partial charge >= 0.3 is 5.97 Å². The summed E-state index contributed by atoms with van der Waals surface area (Å²) >= 11 is 0.